The Morgan fingerprint density at radius 1 is 1.00 bits per heavy atom. The third-order valence-electron chi connectivity index (χ3n) is 6.83. The number of unbranched alkanes of at least 4 members (excludes halogenated alkanes) is 5. The van der Waals surface area contributed by atoms with Crippen LogP contribution >= 0.6 is 12.2 Å². The van der Waals surface area contributed by atoms with Crippen LogP contribution in [0, 0.1) is 18.3 Å². The molecule has 0 saturated carbocycles. The maximum absolute atomic E-state index is 13.5. The van der Waals surface area contributed by atoms with E-state index < -0.39 is 38.9 Å². The van der Waals surface area contributed by atoms with Gasteiger partial charge in [-0.15, -0.1) is 0 Å². The Morgan fingerprint density at radius 3 is 2.20 bits per heavy atom. The van der Waals surface area contributed by atoms with Crippen molar-refractivity contribution in [2.75, 3.05) is 18.1 Å². The van der Waals surface area contributed by atoms with Crippen LogP contribution in [0.25, 0.3) is 0 Å². The van der Waals surface area contributed by atoms with E-state index in [2.05, 4.69) is 0 Å². The van der Waals surface area contributed by atoms with E-state index in [1.807, 2.05) is 6.92 Å². The quantitative estimate of drug-likeness (QED) is 0.161. The highest BCUT2D eigenvalue weighted by Crippen LogP contribution is 2.38. The van der Waals surface area contributed by atoms with E-state index in [4.69, 9.17) is 21.7 Å². The van der Waals surface area contributed by atoms with Gasteiger partial charge in [-0.25, -0.2) is 0 Å². The fourth-order valence-corrected chi connectivity index (χ4v) is 5.91. The van der Waals surface area contributed by atoms with Gasteiger partial charge in [-0.05, 0) is 76.2 Å². The van der Waals surface area contributed by atoms with Gasteiger partial charge in [0.05, 0.1) is 34.4 Å². The lowest BCUT2D eigenvalue weighted by atomic mass is 10.0. The maximum atomic E-state index is 13.5. The molecule has 1 aliphatic rings. The molecule has 216 valence electrons. The van der Waals surface area contributed by atoms with Gasteiger partial charge in [-0.1, -0.05) is 43.4 Å². The number of alkyl halides is 3. The summed E-state index contributed by atoms with van der Waals surface area (Å²) in [5, 5.41) is 9.18. The molecule has 0 atom stereocenters. The lowest BCUT2D eigenvalue weighted by Gasteiger charge is -2.29. The summed E-state index contributed by atoms with van der Waals surface area (Å²) in [4.78, 5) is 16.1. The van der Waals surface area contributed by atoms with E-state index in [9.17, 15) is 26.4 Å². The monoisotopic (exact) mass is 595 g/mol. The van der Waals surface area contributed by atoms with Crippen LogP contribution in [0.1, 0.15) is 69.1 Å². The fourth-order valence-electron chi connectivity index (χ4n) is 4.46. The number of nitrogens with zero attached hydrogens (tertiary/aromatic N) is 3. The van der Waals surface area contributed by atoms with Crippen molar-refractivity contribution in [2.24, 2.45) is 0 Å². The van der Waals surface area contributed by atoms with Gasteiger partial charge in [0, 0.05) is 6.54 Å². The van der Waals surface area contributed by atoms with Crippen molar-refractivity contribution in [1.29, 1.82) is 5.26 Å². The average Bonchev–Trinajstić information content (AvgIpc) is 3.05. The fraction of sp³-hybridized carbons (Fsp3) is 0.464. The molecule has 1 saturated heterocycles. The molecule has 40 heavy (non-hydrogen) atoms. The Kier molecular flexibility index (Phi) is 9.98. The molecule has 0 aromatic heterocycles. The van der Waals surface area contributed by atoms with Gasteiger partial charge in [0.1, 0.15) is 5.54 Å². The average molecular weight is 596 g/mol. The van der Waals surface area contributed by atoms with Gasteiger partial charge in [0.25, 0.3) is 16.0 Å². The summed E-state index contributed by atoms with van der Waals surface area (Å²) in [7, 11) is -3.77. The Hall–Kier alpha value is -3.01. The maximum Gasteiger partial charge on any atom is 0.417 e. The largest absolute Gasteiger partial charge is 0.417 e. The zero-order valence-corrected chi connectivity index (χ0v) is 24.3. The number of aryl methyl sites for hydroxylation is 1. The number of benzene rings is 2. The van der Waals surface area contributed by atoms with Crippen LogP contribution < -0.4 is 4.90 Å². The SMILES string of the molecule is Cc1ccc(S(=O)(=O)OCCCCCCCCN2C(=S)N(c3ccc(C#N)c(C(F)(F)F)c3)C(=O)C2(C)C)cc1. The van der Waals surface area contributed by atoms with Gasteiger partial charge in [-0.2, -0.15) is 26.9 Å². The van der Waals surface area contributed by atoms with Crippen LogP contribution in [-0.2, 0) is 25.3 Å². The van der Waals surface area contributed by atoms with Crippen LogP contribution in [0.4, 0.5) is 18.9 Å². The molecule has 7 nitrogen and oxygen atoms in total. The minimum Gasteiger partial charge on any atom is -0.334 e. The number of amides is 1. The molecule has 1 heterocycles. The van der Waals surface area contributed by atoms with Crippen LogP contribution in [0.5, 0.6) is 0 Å². The molecular formula is C28H32F3N3O4S2. The Balaban J connectivity index is 1.46. The lowest BCUT2D eigenvalue weighted by molar-refractivity contribution is -0.137. The number of anilines is 1. The number of nitriles is 1. The molecule has 12 heteroatoms. The first-order valence-electron chi connectivity index (χ1n) is 12.9. The van der Waals surface area contributed by atoms with E-state index >= 15 is 0 Å². The highest BCUT2D eigenvalue weighted by molar-refractivity contribution is 7.86. The number of halogens is 3. The van der Waals surface area contributed by atoms with Crippen LogP contribution in [0.2, 0.25) is 0 Å². The molecule has 1 amide bonds. The van der Waals surface area contributed by atoms with Crippen molar-refractivity contribution >= 4 is 39.0 Å². The summed E-state index contributed by atoms with van der Waals surface area (Å²) in [5.74, 6) is -0.434. The summed E-state index contributed by atoms with van der Waals surface area (Å²) >= 11 is 5.51. The molecule has 0 spiro atoms. The van der Waals surface area contributed by atoms with Gasteiger partial charge < -0.3 is 4.90 Å². The molecule has 2 aromatic rings. The van der Waals surface area contributed by atoms with E-state index in [0.717, 1.165) is 48.3 Å². The predicted molar refractivity (Wildman–Crippen MR) is 149 cm³/mol. The molecule has 0 N–H and O–H groups in total. The zero-order chi connectivity index (χ0) is 29.7. The van der Waals surface area contributed by atoms with Crippen molar-refractivity contribution in [3.05, 3.63) is 59.2 Å². The second kappa shape index (κ2) is 12.7. The summed E-state index contributed by atoms with van der Waals surface area (Å²) in [6, 6.07) is 11.2. The number of rotatable bonds is 12. The number of hydrogen-bond donors (Lipinski definition) is 0. The molecule has 1 fully saturated rings. The highest BCUT2D eigenvalue weighted by Gasteiger charge is 2.49. The first-order chi connectivity index (χ1) is 18.7. The third kappa shape index (κ3) is 7.19. The smallest absolute Gasteiger partial charge is 0.334 e. The molecular weight excluding hydrogens is 563 g/mol. The lowest BCUT2D eigenvalue weighted by Crippen LogP contribution is -2.44. The van der Waals surface area contributed by atoms with Gasteiger partial charge in [0.15, 0.2) is 5.11 Å². The first kappa shape index (κ1) is 31.5. The Bertz CT molecular complexity index is 1380. The van der Waals surface area contributed by atoms with E-state index in [1.54, 1.807) is 30.9 Å². The van der Waals surface area contributed by atoms with Crippen molar-refractivity contribution < 1.29 is 30.6 Å². The first-order valence-corrected chi connectivity index (χ1v) is 14.8. The number of hydrogen-bond acceptors (Lipinski definition) is 6. The topological polar surface area (TPSA) is 90.7 Å². The van der Waals surface area contributed by atoms with E-state index in [-0.39, 0.29) is 22.3 Å². The van der Waals surface area contributed by atoms with Gasteiger partial charge in [-0.3, -0.25) is 13.9 Å². The summed E-state index contributed by atoms with van der Waals surface area (Å²) in [6.07, 6.45) is -0.0502. The number of thiocarbonyl (C=S) groups is 1. The van der Waals surface area contributed by atoms with E-state index in [1.165, 1.54) is 24.3 Å². The van der Waals surface area contributed by atoms with Gasteiger partial charge in [0.2, 0.25) is 0 Å². The standard InChI is InChI=1S/C28H32F3N3O4S2/c1-20-10-14-23(15-11-20)40(36,37)38-17-9-7-5-4-6-8-16-33-26(39)34(25(35)27(33,2)3)22-13-12-21(19-32)24(18-22)28(29,30)31/h10-15,18H,4-9,16-17H2,1-3H3. The van der Waals surface area contributed by atoms with E-state index in [0.29, 0.717) is 19.4 Å². The minimum absolute atomic E-state index is 0.0245. The summed E-state index contributed by atoms with van der Waals surface area (Å²) in [5.41, 5.74) is -1.74. The van der Waals surface area contributed by atoms with Crippen molar-refractivity contribution in [3.8, 4) is 6.07 Å². The number of carbonyl (C=O) groups is 1. The second-order valence-corrected chi connectivity index (χ2v) is 12.2. The highest BCUT2D eigenvalue weighted by atomic mass is 32.2. The second-order valence-electron chi connectivity index (χ2n) is 10.2. The van der Waals surface area contributed by atoms with Crippen LogP contribution in [0.15, 0.2) is 47.4 Å². The normalized spacial score (nSPS) is 15.5. The molecule has 2 aromatic carbocycles. The van der Waals surface area contributed by atoms with Crippen molar-refractivity contribution in [3.63, 3.8) is 0 Å². The molecule has 1 aliphatic heterocycles. The van der Waals surface area contributed by atoms with Crippen LogP contribution in [-0.4, -0.2) is 43.0 Å². The van der Waals surface area contributed by atoms with Crippen molar-refractivity contribution in [2.45, 2.75) is 75.9 Å². The zero-order valence-electron chi connectivity index (χ0n) is 22.6. The molecule has 3 rings (SSSR count). The minimum atomic E-state index is -4.75. The Labute approximate surface area is 238 Å². The summed E-state index contributed by atoms with van der Waals surface area (Å²) in [6.45, 7) is 5.80. The molecule has 0 aliphatic carbocycles. The summed E-state index contributed by atoms with van der Waals surface area (Å²) < 4.78 is 70.0. The van der Waals surface area contributed by atoms with Crippen LogP contribution in [0.3, 0.4) is 0 Å². The third-order valence-corrected chi connectivity index (χ3v) is 8.56. The Morgan fingerprint density at radius 2 is 1.60 bits per heavy atom. The molecule has 0 radical (unpaired) electrons. The number of carbonyl (C=O) groups excluding carboxylic acids is 1. The molecule has 0 unspecified atom stereocenters. The molecule has 0 bridgehead atoms. The van der Waals surface area contributed by atoms with Gasteiger partial charge >= 0.3 is 6.18 Å². The predicted octanol–water partition coefficient (Wildman–Crippen LogP) is 6.34. The van der Waals surface area contributed by atoms with Crippen molar-refractivity contribution in [1.82, 2.24) is 4.90 Å².